The van der Waals surface area contributed by atoms with Crippen LogP contribution in [0.1, 0.15) is 31.9 Å². The second kappa shape index (κ2) is 9.21. The normalized spacial score (nSPS) is 19.8. The molecular formula is C14H22N5O5P. The summed E-state index contributed by atoms with van der Waals surface area (Å²) in [6.07, 6.45) is 5.82. The predicted molar refractivity (Wildman–Crippen MR) is 90.4 cm³/mol. The summed E-state index contributed by atoms with van der Waals surface area (Å²) in [6, 6.07) is 0. The molecule has 10 nitrogen and oxygen atoms in total. The maximum absolute atomic E-state index is 10.4. The van der Waals surface area contributed by atoms with Crippen LogP contribution in [0.15, 0.2) is 12.7 Å². The van der Waals surface area contributed by atoms with Gasteiger partial charge in [0.2, 0.25) is 0 Å². The van der Waals surface area contributed by atoms with Crippen molar-refractivity contribution in [2.45, 2.75) is 38.2 Å². The Morgan fingerprint density at radius 2 is 2.32 bits per heavy atom. The van der Waals surface area contributed by atoms with Crippen LogP contribution in [-0.4, -0.2) is 45.8 Å². The van der Waals surface area contributed by atoms with Crippen molar-refractivity contribution in [1.82, 2.24) is 19.5 Å². The first-order valence-electron chi connectivity index (χ1n) is 8.12. The molecule has 2 N–H and O–H groups in total. The Balaban J connectivity index is 1.73. The van der Waals surface area contributed by atoms with Crippen molar-refractivity contribution in [2.75, 3.05) is 25.7 Å². The lowest BCUT2D eigenvalue weighted by Crippen LogP contribution is -2.27. The summed E-state index contributed by atoms with van der Waals surface area (Å²) in [4.78, 5) is 12.5. The van der Waals surface area contributed by atoms with E-state index in [-0.39, 0.29) is 19.3 Å². The van der Waals surface area contributed by atoms with Crippen molar-refractivity contribution in [3.63, 3.8) is 0 Å². The summed E-state index contributed by atoms with van der Waals surface area (Å²) in [5.74, 6) is 0.319. The van der Waals surface area contributed by atoms with E-state index < -0.39 is 8.69 Å². The van der Waals surface area contributed by atoms with Crippen LogP contribution in [-0.2, 0) is 23.3 Å². The highest BCUT2D eigenvalue weighted by molar-refractivity contribution is 7.17. The molecular weight excluding hydrogens is 349 g/mol. The molecule has 25 heavy (non-hydrogen) atoms. The minimum atomic E-state index is -1.27. The highest BCUT2D eigenvalue weighted by atomic mass is 31.1. The van der Waals surface area contributed by atoms with Crippen LogP contribution >= 0.6 is 8.69 Å². The number of imidazole rings is 1. The van der Waals surface area contributed by atoms with E-state index in [1.807, 2.05) is 0 Å². The van der Waals surface area contributed by atoms with Crippen LogP contribution in [0.3, 0.4) is 0 Å². The Morgan fingerprint density at radius 3 is 3.12 bits per heavy atom. The topological polar surface area (TPSA) is 124 Å². The average molecular weight is 371 g/mol. The fourth-order valence-electron chi connectivity index (χ4n) is 2.67. The van der Waals surface area contributed by atoms with E-state index in [2.05, 4.69) is 15.0 Å². The Kier molecular flexibility index (Phi) is 6.71. The minimum absolute atomic E-state index is 0.00865. The molecule has 3 heterocycles. The van der Waals surface area contributed by atoms with Crippen molar-refractivity contribution in [3.8, 4) is 0 Å². The van der Waals surface area contributed by atoms with E-state index in [9.17, 15) is 4.57 Å². The van der Waals surface area contributed by atoms with E-state index >= 15 is 0 Å². The fourth-order valence-corrected chi connectivity index (χ4v) is 2.82. The number of hydrogen-bond acceptors (Lipinski definition) is 9. The van der Waals surface area contributed by atoms with Crippen LogP contribution in [0.25, 0.3) is 11.2 Å². The van der Waals surface area contributed by atoms with Gasteiger partial charge >= 0.3 is 0 Å². The molecule has 3 unspecified atom stereocenters. The standard InChI is InChI=1S/C14H22N5O5P/c15-13-12-14(17-7-16-13)19(8-18-12)10(4-6-21-9-23-25-20)24-11-3-1-2-5-22-11/h7-8,10-11H,1-6,9,25H2,(H2,15,16,17). The smallest absolute Gasteiger partial charge is 0.182 e. The van der Waals surface area contributed by atoms with Gasteiger partial charge in [0.25, 0.3) is 0 Å². The largest absolute Gasteiger partial charge is 0.382 e. The molecule has 138 valence electrons. The van der Waals surface area contributed by atoms with Gasteiger partial charge in [-0.25, -0.2) is 15.0 Å². The first kappa shape index (κ1) is 18.2. The minimum Gasteiger partial charge on any atom is -0.382 e. The van der Waals surface area contributed by atoms with Crippen molar-refractivity contribution in [1.29, 1.82) is 0 Å². The van der Waals surface area contributed by atoms with Crippen LogP contribution in [0.2, 0.25) is 0 Å². The van der Waals surface area contributed by atoms with Crippen LogP contribution in [0.4, 0.5) is 5.82 Å². The Bertz CT molecular complexity index is 693. The lowest BCUT2D eigenvalue weighted by atomic mass is 10.2. The molecule has 2 aromatic rings. The van der Waals surface area contributed by atoms with Gasteiger partial charge in [0, 0.05) is 13.0 Å². The lowest BCUT2D eigenvalue weighted by molar-refractivity contribution is -0.209. The summed E-state index contributed by atoms with van der Waals surface area (Å²) in [7, 11) is -1.27. The second-order valence-electron chi connectivity index (χ2n) is 5.55. The number of hydrogen-bond donors (Lipinski definition) is 1. The highest BCUT2D eigenvalue weighted by Crippen LogP contribution is 2.26. The Hall–Kier alpha value is -1.58. The number of nitrogen functional groups attached to an aromatic ring is 1. The van der Waals surface area contributed by atoms with Gasteiger partial charge in [0.1, 0.15) is 18.1 Å². The number of rotatable bonds is 9. The molecule has 0 aliphatic carbocycles. The van der Waals surface area contributed by atoms with Gasteiger partial charge in [-0.2, -0.15) is 0 Å². The van der Waals surface area contributed by atoms with Gasteiger partial charge in [0.15, 0.2) is 33.2 Å². The van der Waals surface area contributed by atoms with E-state index in [1.54, 1.807) is 10.9 Å². The van der Waals surface area contributed by atoms with E-state index in [1.165, 1.54) is 6.33 Å². The second-order valence-corrected chi connectivity index (χ2v) is 6.07. The van der Waals surface area contributed by atoms with Crippen molar-refractivity contribution in [3.05, 3.63) is 12.7 Å². The summed E-state index contributed by atoms with van der Waals surface area (Å²) >= 11 is 0. The van der Waals surface area contributed by atoms with Crippen molar-refractivity contribution in [2.24, 2.45) is 0 Å². The number of anilines is 1. The summed E-state index contributed by atoms with van der Waals surface area (Å²) in [5.41, 5.74) is 6.97. The summed E-state index contributed by atoms with van der Waals surface area (Å²) in [5, 5.41) is 0. The van der Waals surface area contributed by atoms with Gasteiger partial charge in [-0.05, 0) is 19.3 Å². The van der Waals surface area contributed by atoms with Crippen molar-refractivity contribution >= 4 is 25.7 Å². The maximum Gasteiger partial charge on any atom is 0.182 e. The Labute approximate surface area is 145 Å². The molecule has 0 amide bonds. The third-order valence-electron chi connectivity index (χ3n) is 3.87. The lowest BCUT2D eigenvalue weighted by Gasteiger charge is -2.28. The molecule has 0 bridgehead atoms. The van der Waals surface area contributed by atoms with Crippen LogP contribution in [0, 0.1) is 0 Å². The highest BCUT2D eigenvalue weighted by Gasteiger charge is 2.23. The van der Waals surface area contributed by atoms with Crippen LogP contribution in [0.5, 0.6) is 0 Å². The number of nitrogens with zero attached hydrogens (tertiary/aromatic N) is 4. The molecule has 11 heteroatoms. The first-order valence-corrected chi connectivity index (χ1v) is 9.07. The molecule has 1 fully saturated rings. The third kappa shape index (κ3) is 4.74. The quantitative estimate of drug-likeness (QED) is 0.397. The summed E-state index contributed by atoms with van der Waals surface area (Å²) in [6.45, 7) is 1.04. The number of ether oxygens (including phenoxy) is 3. The van der Waals surface area contributed by atoms with Gasteiger partial charge in [0.05, 0.1) is 12.9 Å². The fraction of sp³-hybridized carbons (Fsp3) is 0.643. The first-order chi connectivity index (χ1) is 12.3. The maximum atomic E-state index is 10.4. The average Bonchev–Trinajstić information content (AvgIpc) is 3.07. The molecule has 1 saturated heterocycles. The molecule has 3 rings (SSSR count). The van der Waals surface area contributed by atoms with E-state index in [0.717, 1.165) is 19.3 Å². The SMILES string of the molecule is Nc1ncnc2c1ncn2C(CCOCO[PH2]=O)OC1CCCCO1. The zero-order chi connectivity index (χ0) is 17.5. The monoisotopic (exact) mass is 371 g/mol. The number of nitrogens with two attached hydrogens (primary N) is 1. The molecule has 2 aromatic heterocycles. The summed E-state index contributed by atoms with van der Waals surface area (Å²) < 4.78 is 34.0. The predicted octanol–water partition coefficient (Wildman–Crippen LogP) is 1.50. The molecule has 1 aliphatic heterocycles. The molecule has 0 aromatic carbocycles. The third-order valence-corrected chi connectivity index (χ3v) is 4.14. The van der Waals surface area contributed by atoms with Gasteiger partial charge in [-0.1, -0.05) is 0 Å². The zero-order valence-electron chi connectivity index (χ0n) is 13.7. The molecule has 0 radical (unpaired) electrons. The van der Waals surface area contributed by atoms with E-state index in [0.29, 0.717) is 36.6 Å². The van der Waals surface area contributed by atoms with Gasteiger partial charge in [-0.3, -0.25) is 9.13 Å². The number of aromatic nitrogens is 4. The molecule has 3 atom stereocenters. The molecule has 0 saturated carbocycles. The number of fused-ring (bicyclic) bond motifs is 1. The molecule has 1 aliphatic rings. The zero-order valence-corrected chi connectivity index (χ0v) is 14.9. The van der Waals surface area contributed by atoms with Crippen molar-refractivity contribution < 1.29 is 23.3 Å². The molecule has 0 spiro atoms. The Morgan fingerprint density at radius 1 is 1.40 bits per heavy atom. The van der Waals surface area contributed by atoms with E-state index in [4.69, 9.17) is 24.5 Å². The van der Waals surface area contributed by atoms with Crippen LogP contribution < -0.4 is 5.73 Å². The van der Waals surface area contributed by atoms with Gasteiger partial charge in [-0.15, -0.1) is 0 Å². The van der Waals surface area contributed by atoms with Gasteiger partial charge < -0.3 is 24.5 Å².